The van der Waals surface area contributed by atoms with Gasteiger partial charge in [-0.3, -0.25) is 0 Å². The molecule has 0 heterocycles. The van der Waals surface area contributed by atoms with Crippen LogP contribution in [-0.2, 0) is 9.59 Å². The van der Waals surface area contributed by atoms with Crippen LogP contribution in [0.4, 0.5) is 0 Å². The molecule has 10 nitrogen and oxygen atoms in total. The van der Waals surface area contributed by atoms with Crippen LogP contribution in [0.15, 0.2) is 0 Å². The molecule has 3 unspecified atom stereocenters. The second-order valence-corrected chi connectivity index (χ2v) is 4.42. The van der Waals surface area contributed by atoms with Crippen molar-refractivity contribution in [1.29, 1.82) is 0 Å². The predicted molar refractivity (Wildman–Crippen MR) is 71.6 cm³/mol. The molecule has 22 heavy (non-hydrogen) atoms. The maximum atomic E-state index is 9.82. The maximum absolute atomic E-state index is 9.82. The highest BCUT2D eigenvalue weighted by atomic mass is 16.4. The fourth-order valence-corrected chi connectivity index (χ4v) is 1.20. The van der Waals surface area contributed by atoms with Gasteiger partial charge in [-0.05, 0) is 0 Å². The third-order valence-corrected chi connectivity index (χ3v) is 2.63. The Bertz CT molecular complexity index is 259. The molecule has 6 atom stereocenters. The number of aliphatic hydroxyl groups is 8. The minimum Gasteiger partial charge on any atom is -0.394 e. The van der Waals surface area contributed by atoms with Gasteiger partial charge in [0.1, 0.15) is 37.0 Å². The summed E-state index contributed by atoms with van der Waals surface area (Å²) in [7, 11) is 0. The molecule has 0 aliphatic rings. The number of rotatable bonds is 10. The van der Waals surface area contributed by atoms with Gasteiger partial charge in [0.2, 0.25) is 0 Å². The smallest absolute Gasteiger partial charge is 0.122 e. The molecule has 0 saturated heterocycles. The summed E-state index contributed by atoms with van der Waals surface area (Å²) in [4.78, 5) is 19.6. The molecule has 0 fully saturated rings. The van der Waals surface area contributed by atoms with Crippen LogP contribution in [0.5, 0.6) is 0 Å². The number of carbonyl (C=O) groups excluding carboxylic acids is 2. The van der Waals surface area contributed by atoms with Gasteiger partial charge < -0.3 is 50.4 Å². The SMILES string of the molecule is O=CCC(O)C(O)C(O)CO.O=CC[C@@H](O)[C@@H](O)[C@H](O)CO. The van der Waals surface area contributed by atoms with Gasteiger partial charge in [0.25, 0.3) is 0 Å². The number of hydrogen-bond acceptors (Lipinski definition) is 10. The molecule has 10 heteroatoms. The van der Waals surface area contributed by atoms with Gasteiger partial charge >= 0.3 is 0 Å². The van der Waals surface area contributed by atoms with Gasteiger partial charge in [-0.25, -0.2) is 0 Å². The minimum absolute atomic E-state index is 0.252. The quantitative estimate of drug-likeness (QED) is 0.180. The van der Waals surface area contributed by atoms with Crippen molar-refractivity contribution in [3.05, 3.63) is 0 Å². The number of aliphatic hydroxyl groups excluding tert-OH is 8. The van der Waals surface area contributed by atoms with E-state index in [-0.39, 0.29) is 12.8 Å². The maximum Gasteiger partial charge on any atom is 0.122 e. The average Bonchev–Trinajstić information content (AvgIpc) is 2.52. The van der Waals surface area contributed by atoms with E-state index in [0.29, 0.717) is 12.6 Å². The first kappa shape index (κ1) is 23.3. The average molecular weight is 328 g/mol. The van der Waals surface area contributed by atoms with E-state index in [1.807, 2.05) is 0 Å². The fraction of sp³-hybridized carbons (Fsp3) is 0.833. The van der Waals surface area contributed by atoms with E-state index in [0.717, 1.165) is 0 Å². The fourth-order valence-electron chi connectivity index (χ4n) is 1.20. The highest BCUT2D eigenvalue weighted by Crippen LogP contribution is 2.02. The van der Waals surface area contributed by atoms with Gasteiger partial charge in [-0.15, -0.1) is 0 Å². The summed E-state index contributed by atoms with van der Waals surface area (Å²) in [6.45, 7) is -1.28. The van der Waals surface area contributed by atoms with E-state index in [1.165, 1.54) is 0 Å². The first-order valence-corrected chi connectivity index (χ1v) is 6.44. The molecule has 8 N–H and O–H groups in total. The highest BCUT2D eigenvalue weighted by Gasteiger charge is 2.23. The van der Waals surface area contributed by atoms with E-state index in [2.05, 4.69) is 0 Å². The number of aldehydes is 2. The van der Waals surface area contributed by atoms with E-state index in [1.54, 1.807) is 0 Å². The van der Waals surface area contributed by atoms with Gasteiger partial charge in [0, 0.05) is 12.8 Å². The number of hydrogen-bond donors (Lipinski definition) is 8. The Hall–Kier alpha value is -0.980. The van der Waals surface area contributed by atoms with Crippen molar-refractivity contribution in [3.8, 4) is 0 Å². The van der Waals surface area contributed by atoms with Crippen LogP contribution in [0.25, 0.3) is 0 Å². The zero-order chi connectivity index (χ0) is 17.7. The Morgan fingerprint density at radius 3 is 1.05 bits per heavy atom. The summed E-state index contributed by atoms with van der Waals surface area (Å²) in [5, 5.41) is 69.7. The Labute approximate surface area is 126 Å². The van der Waals surface area contributed by atoms with Crippen molar-refractivity contribution < 1.29 is 50.4 Å². The monoisotopic (exact) mass is 328 g/mol. The lowest BCUT2D eigenvalue weighted by Crippen LogP contribution is -2.39. The highest BCUT2D eigenvalue weighted by molar-refractivity contribution is 5.50. The van der Waals surface area contributed by atoms with Crippen molar-refractivity contribution in [2.75, 3.05) is 13.2 Å². The third-order valence-electron chi connectivity index (χ3n) is 2.63. The van der Waals surface area contributed by atoms with E-state index in [4.69, 9.17) is 40.9 Å². The Balaban J connectivity index is 0. The first-order chi connectivity index (χ1) is 10.3. The summed E-state index contributed by atoms with van der Waals surface area (Å²) in [6.07, 6.45) is -8.00. The van der Waals surface area contributed by atoms with Crippen LogP contribution in [0.2, 0.25) is 0 Å². The molecule has 0 aromatic rings. The molecule has 0 bridgehead atoms. The van der Waals surface area contributed by atoms with E-state index >= 15 is 0 Å². The zero-order valence-corrected chi connectivity index (χ0v) is 11.8. The predicted octanol–water partition coefficient (Wildman–Crippen LogP) is -4.70. The van der Waals surface area contributed by atoms with Gasteiger partial charge in [0.15, 0.2) is 0 Å². The van der Waals surface area contributed by atoms with Crippen LogP contribution in [0.3, 0.4) is 0 Å². The molecular formula is C12H24O10. The molecule has 0 amide bonds. The van der Waals surface area contributed by atoms with Crippen molar-refractivity contribution in [1.82, 2.24) is 0 Å². The molecule has 0 aliphatic heterocycles. The van der Waals surface area contributed by atoms with Crippen molar-refractivity contribution in [2.24, 2.45) is 0 Å². The van der Waals surface area contributed by atoms with E-state index < -0.39 is 49.8 Å². The zero-order valence-electron chi connectivity index (χ0n) is 11.8. The topological polar surface area (TPSA) is 196 Å². The minimum atomic E-state index is -1.47. The van der Waals surface area contributed by atoms with Crippen molar-refractivity contribution in [2.45, 2.75) is 49.5 Å². The molecule has 0 rings (SSSR count). The molecule has 0 aromatic carbocycles. The molecular weight excluding hydrogens is 304 g/mol. The molecule has 0 saturated carbocycles. The lowest BCUT2D eigenvalue weighted by atomic mass is 10.1. The third kappa shape index (κ3) is 9.87. The standard InChI is InChI=1S/2C6H12O5/c2*7-2-1-4(9)6(11)5(10)3-8/h2*2,4-6,8-11H,1,3H2/t4-,5-,6-;/m1./s1. The van der Waals surface area contributed by atoms with Crippen molar-refractivity contribution in [3.63, 3.8) is 0 Å². The lowest BCUT2D eigenvalue weighted by molar-refractivity contribution is -0.116. The second-order valence-electron chi connectivity index (χ2n) is 4.42. The van der Waals surface area contributed by atoms with Crippen LogP contribution < -0.4 is 0 Å². The van der Waals surface area contributed by atoms with Gasteiger partial charge in [0.05, 0.1) is 25.4 Å². The molecule has 0 aromatic heterocycles. The molecule has 0 spiro atoms. The largest absolute Gasteiger partial charge is 0.394 e. The van der Waals surface area contributed by atoms with E-state index in [9.17, 15) is 9.59 Å². The summed E-state index contributed by atoms with van der Waals surface area (Å²) in [5.74, 6) is 0. The number of carbonyl (C=O) groups is 2. The van der Waals surface area contributed by atoms with Crippen LogP contribution in [-0.4, -0.2) is 103 Å². The summed E-state index contributed by atoms with van der Waals surface area (Å²) < 4.78 is 0. The summed E-state index contributed by atoms with van der Waals surface area (Å²) in [6, 6.07) is 0. The van der Waals surface area contributed by atoms with Crippen LogP contribution in [0, 0.1) is 0 Å². The molecule has 0 radical (unpaired) electrons. The lowest BCUT2D eigenvalue weighted by Gasteiger charge is -2.19. The summed E-state index contributed by atoms with van der Waals surface area (Å²) in [5.41, 5.74) is 0. The van der Waals surface area contributed by atoms with Crippen molar-refractivity contribution >= 4 is 12.6 Å². The Morgan fingerprint density at radius 1 is 0.591 bits per heavy atom. The molecule has 0 aliphatic carbocycles. The normalized spacial score (nSPS) is 18.9. The Morgan fingerprint density at radius 2 is 0.864 bits per heavy atom. The van der Waals surface area contributed by atoms with Crippen LogP contribution in [0.1, 0.15) is 12.8 Å². The molecule has 132 valence electrons. The van der Waals surface area contributed by atoms with Crippen LogP contribution >= 0.6 is 0 Å². The van der Waals surface area contributed by atoms with Gasteiger partial charge in [-0.1, -0.05) is 0 Å². The summed E-state index contributed by atoms with van der Waals surface area (Å²) >= 11 is 0. The second kappa shape index (κ2) is 13.7. The Kier molecular flexibility index (Phi) is 14.5. The first-order valence-electron chi connectivity index (χ1n) is 6.44. The van der Waals surface area contributed by atoms with Gasteiger partial charge in [-0.2, -0.15) is 0 Å².